The zero-order chi connectivity index (χ0) is 29.3. The van der Waals surface area contributed by atoms with Crippen LogP contribution in [0.4, 0.5) is 5.95 Å². The zero-order valence-corrected chi connectivity index (χ0v) is 25.4. The normalized spacial score (nSPS) is 17.2. The second-order valence-corrected chi connectivity index (χ2v) is 12.1. The Morgan fingerprint density at radius 3 is 1.86 bits per heavy atom. The lowest BCUT2D eigenvalue weighted by Crippen LogP contribution is -2.37. The molecule has 0 aromatic carbocycles. The van der Waals surface area contributed by atoms with Crippen LogP contribution in [-0.2, 0) is 17.6 Å². The van der Waals surface area contributed by atoms with Gasteiger partial charge in [-0.3, -0.25) is 18.4 Å². The molecule has 2 aliphatic carbocycles. The number of ketones is 2. The lowest BCUT2D eigenvalue weighted by molar-refractivity contribution is 0.0968. The standard InChI is InChI=1S/C20H21N5O2.C12H11BrN2O/c26-17-4-2-1-3-16-19(17)25-13-14(5-6-18(25)23-16)15-11-21-20(22-12-15)24-7-9-27-10-8-24;13-8-5-6-11-14-9-3-1-2-4-10(16)12(9)15(11)7-8/h5-6,11-13H,1-4,7-10H2;5-7H,1-4H2. The van der Waals surface area contributed by atoms with Crippen LogP contribution in [0.5, 0.6) is 0 Å². The van der Waals surface area contributed by atoms with Gasteiger partial charge in [-0.15, -0.1) is 0 Å². The molecule has 1 aliphatic heterocycles. The number of rotatable bonds is 2. The molecule has 43 heavy (non-hydrogen) atoms. The van der Waals surface area contributed by atoms with Crippen LogP contribution in [0.3, 0.4) is 0 Å². The smallest absolute Gasteiger partial charge is 0.225 e. The molecule has 8 rings (SSSR count). The van der Waals surface area contributed by atoms with Crippen molar-refractivity contribution < 1.29 is 14.3 Å². The first kappa shape index (κ1) is 27.8. The molecule has 0 bridgehead atoms. The van der Waals surface area contributed by atoms with Gasteiger partial charge in [0.05, 0.1) is 24.6 Å². The fraction of sp³-hybridized carbons (Fsp3) is 0.375. The van der Waals surface area contributed by atoms with E-state index in [2.05, 4.69) is 40.8 Å². The van der Waals surface area contributed by atoms with Crippen molar-refractivity contribution in [1.82, 2.24) is 28.7 Å². The molecule has 0 saturated carbocycles. The average molecular weight is 643 g/mol. The van der Waals surface area contributed by atoms with Gasteiger partial charge in [0.1, 0.15) is 22.7 Å². The SMILES string of the molecule is O=C1CCCCc2nc3ccc(-c4cnc(N5CCOCC5)nc4)cn3c21.O=C1CCCCc2nc3ccc(Br)cn3c21. The van der Waals surface area contributed by atoms with E-state index in [-0.39, 0.29) is 11.6 Å². The van der Waals surface area contributed by atoms with Crippen LogP contribution in [-0.4, -0.2) is 66.6 Å². The molecule has 1 saturated heterocycles. The third kappa shape index (κ3) is 5.59. The van der Waals surface area contributed by atoms with Gasteiger partial charge in [0.2, 0.25) is 5.95 Å². The molecule has 5 aromatic rings. The summed E-state index contributed by atoms with van der Waals surface area (Å²) in [6, 6.07) is 7.87. The van der Waals surface area contributed by atoms with Crippen LogP contribution < -0.4 is 4.90 Å². The molecule has 220 valence electrons. The van der Waals surface area contributed by atoms with E-state index in [9.17, 15) is 9.59 Å². The molecule has 3 aliphatic rings. The lowest BCUT2D eigenvalue weighted by Gasteiger charge is -2.26. The number of Topliss-reactive ketones (excluding diaryl/α,β-unsaturated/α-hetero) is 2. The van der Waals surface area contributed by atoms with E-state index in [0.29, 0.717) is 26.1 Å². The third-order valence-electron chi connectivity index (χ3n) is 8.27. The number of halogens is 1. The Balaban J connectivity index is 0.000000160. The minimum absolute atomic E-state index is 0.186. The number of carbonyl (C=O) groups excluding carboxylic acids is 2. The van der Waals surface area contributed by atoms with Crippen molar-refractivity contribution in [2.75, 3.05) is 31.2 Å². The first-order chi connectivity index (χ1) is 21.0. The topological polar surface area (TPSA) is 107 Å². The van der Waals surface area contributed by atoms with Crippen LogP contribution in [0.1, 0.15) is 70.9 Å². The number of pyridine rings is 2. The van der Waals surface area contributed by atoms with E-state index in [0.717, 1.165) is 107 Å². The number of ether oxygens (including phenoxy) is 1. The second-order valence-electron chi connectivity index (χ2n) is 11.2. The molecule has 0 N–H and O–H groups in total. The molecular formula is C32H32BrN7O3. The number of aryl methyl sites for hydroxylation is 2. The molecule has 0 amide bonds. The van der Waals surface area contributed by atoms with Crippen LogP contribution in [0, 0.1) is 0 Å². The zero-order valence-electron chi connectivity index (χ0n) is 23.8. The molecule has 1 fully saturated rings. The number of aromatic nitrogens is 6. The number of hydrogen-bond donors (Lipinski definition) is 0. The van der Waals surface area contributed by atoms with Crippen LogP contribution >= 0.6 is 15.9 Å². The number of imidazole rings is 2. The van der Waals surface area contributed by atoms with Crippen molar-refractivity contribution in [1.29, 1.82) is 0 Å². The summed E-state index contributed by atoms with van der Waals surface area (Å²) in [6.45, 7) is 3.05. The minimum atomic E-state index is 0.186. The maximum absolute atomic E-state index is 12.5. The highest BCUT2D eigenvalue weighted by Gasteiger charge is 2.23. The van der Waals surface area contributed by atoms with E-state index in [1.807, 2.05) is 57.9 Å². The summed E-state index contributed by atoms with van der Waals surface area (Å²) in [4.78, 5) is 44.9. The van der Waals surface area contributed by atoms with Crippen molar-refractivity contribution in [3.8, 4) is 11.1 Å². The van der Waals surface area contributed by atoms with Crippen LogP contribution in [0.2, 0.25) is 0 Å². The summed E-state index contributed by atoms with van der Waals surface area (Å²) in [6.07, 6.45) is 14.6. The summed E-state index contributed by atoms with van der Waals surface area (Å²) >= 11 is 3.42. The van der Waals surface area contributed by atoms with Gasteiger partial charge in [-0.25, -0.2) is 19.9 Å². The highest BCUT2D eigenvalue weighted by Crippen LogP contribution is 2.26. The molecule has 10 nitrogen and oxygen atoms in total. The fourth-order valence-electron chi connectivity index (χ4n) is 6.06. The first-order valence-corrected chi connectivity index (χ1v) is 15.7. The summed E-state index contributed by atoms with van der Waals surface area (Å²) in [5.41, 5.74) is 7.01. The number of fused-ring (bicyclic) bond motifs is 6. The summed E-state index contributed by atoms with van der Waals surface area (Å²) in [5, 5.41) is 0. The Labute approximate surface area is 257 Å². The molecule has 5 aromatic heterocycles. The maximum atomic E-state index is 12.5. The largest absolute Gasteiger partial charge is 0.378 e. The summed E-state index contributed by atoms with van der Waals surface area (Å²) in [5.74, 6) is 1.14. The highest BCUT2D eigenvalue weighted by atomic mass is 79.9. The second kappa shape index (κ2) is 12.0. The Morgan fingerprint density at radius 1 is 0.674 bits per heavy atom. The molecule has 11 heteroatoms. The Bertz CT molecular complexity index is 1820. The van der Waals surface area contributed by atoms with Gasteiger partial charge in [0.25, 0.3) is 0 Å². The number of carbonyl (C=O) groups is 2. The van der Waals surface area contributed by atoms with E-state index in [4.69, 9.17) is 4.74 Å². The van der Waals surface area contributed by atoms with Crippen molar-refractivity contribution in [2.45, 2.75) is 51.4 Å². The predicted octanol–water partition coefficient (Wildman–Crippen LogP) is 5.54. The fourth-order valence-corrected chi connectivity index (χ4v) is 6.40. The van der Waals surface area contributed by atoms with E-state index >= 15 is 0 Å². The van der Waals surface area contributed by atoms with Crippen LogP contribution in [0.15, 0.2) is 53.5 Å². The van der Waals surface area contributed by atoms with Gasteiger partial charge in [-0.2, -0.15) is 0 Å². The predicted molar refractivity (Wildman–Crippen MR) is 166 cm³/mol. The van der Waals surface area contributed by atoms with Gasteiger partial charge >= 0.3 is 0 Å². The molecule has 0 radical (unpaired) electrons. The van der Waals surface area contributed by atoms with Gasteiger partial charge in [-0.1, -0.05) is 0 Å². The quantitative estimate of drug-likeness (QED) is 0.231. The maximum Gasteiger partial charge on any atom is 0.225 e. The van der Waals surface area contributed by atoms with Crippen molar-refractivity contribution in [3.05, 3.63) is 76.3 Å². The molecule has 0 atom stereocenters. The van der Waals surface area contributed by atoms with Crippen molar-refractivity contribution >= 4 is 44.7 Å². The van der Waals surface area contributed by atoms with E-state index in [1.165, 1.54) is 0 Å². The minimum Gasteiger partial charge on any atom is -0.378 e. The summed E-state index contributed by atoms with van der Waals surface area (Å²) < 4.78 is 10.2. The molecule has 6 heterocycles. The lowest BCUT2D eigenvalue weighted by atomic mass is 10.1. The van der Waals surface area contributed by atoms with E-state index in [1.54, 1.807) is 0 Å². The molecule has 0 spiro atoms. The number of morpholine rings is 1. The Kier molecular flexibility index (Phi) is 7.75. The monoisotopic (exact) mass is 641 g/mol. The van der Waals surface area contributed by atoms with Gasteiger partial charge in [0.15, 0.2) is 11.6 Å². The van der Waals surface area contributed by atoms with Crippen molar-refractivity contribution in [3.63, 3.8) is 0 Å². The average Bonchev–Trinajstić information content (AvgIpc) is 3.45. The summed E-state index contributed by atoms with van der Waals surface area (Å²) in [7, 11) is 0. The number of hydrogen-bond acceptors (Lipinski definition) is 8. The Morgan fingerprint density at radius 2 is 1.23 bits per heavy atom. The molecule has 0 unspecified atom stereocenters. The van der Waals surface area contributed by atoms with Gasteiger partial charge in [-0.05, 0) is 78.7 Å². The third-order valence-corrected chi connectivity index (χ3v) is 8.74. The number of nitrogens with zero attached hydrogens (tertiary/aromatic N) is 7. The highest BCUT2D eigenvalue weighted by molar-refractivity contribution is 9.10. The first-order valence-electron chi connectivity index (χ1n) is 14.9. The van der Waals surface area contributed by atoms with Crippen molar-refractivity contribution in [2.24, 2.45) is 0 Å². The number of anilines is 1. The van der Waals surface area contributed by atoms with E-state index < -0.39 is 0 Å². The van der Waals surface area contributed by atoms with Crippen LogP contribution in [0.25, 0.3) is 22.4 Å². The van der Waals surface area contributed by atoms with Gasteiger partial charge < -0.3 is 9.64 Å². The Hall–Kier alpha value is -3.96. The van der Waals surface area contributed by atoms with Gasteiger partial charge in [0, 0.05) is 66.3 Å². The molecular weight excluding hydrogens is 610 g/mol.